The van der Waals surface area contributed by atoms with Gasteiger partial charge in [0, 0.05) is 49.8 Å². The predicted octanol–water partition coefficient (Wildman–Crippen LogP) is 2.66. The fourth-order valence-corrected chi connectivity index (χ4v) is 3.29. The van der Waals surface area contributed by atoms with Crippen LogP contribution in [0.4, 0.5) is 5.82 Å². The van der Waals surface area contributed by atoms with E-state index in [1.165, 1.54) is 12.0 Å². The highest BCUT2D eigenvalue weighted by atomic mass is 15.3. The van der Waals surface area contributed by atoms with Crippen LogP contribution in [-0.2, 0) is 13.0 Å². The van der Waals surface area contributed by atoms with E-state index in [1.54, 1.807) is 0 Å². The van der Waals surface area contributed by atoms with E-state index in [0.717, 1.165) is 25.3 Å². The number of piperidine rings is 1. The average Bonchev–Trinajstić information content (AvgIpc) is 2.99. The molecule has 0 aliphatic carbocycles. The number of rotatable bonds is 5. The maximum atomic E-state index is 4.67. The van der Waals surface area contributed by atoms with E-state index in [2.05, 4.69) is 65.6 Å². The zero-order chi connectivity index (χ0) is 16.2. The highest BCUT2D eigenvalue weighted by molar-refractivity contribution is 5.34. The number of aromatic nitrogens is 3. The van der Waals surface area contributed by atoms with Gasteiger partial charge < -0.3 is 10.2 Å². The van der Waals surface area contributed by atoms with E-state index >= 15 is 0 Å². The minimum atomic E-state index is 0.504. The molecule has 1 N–H and O–H groups in total. The van der Waals surface area contributed by atoms with E-state index < -0.39 is 0 Å². The van der Waals surface area contributed by atoms with Crippen molar-refractivity contribution in [1.82, 2.24) is 19.7 Å². The van der Waals surface area contributed by atoms with Crippen LogP contribution >= 0.6 is 0 Å². The van der Waals surface area contributed by atoms with E-state index in [0.29, 0.717) is 18.0 Å². The molecule has 2 aromatic rings. The second kappa shape index (κ2) is 7.13. The molecule has 0 amide bonds. The Hall–Kier alpha value is -1.88. The molecule has 5 heteroatoms. The van der Waals surface area contributed by atoms with Gasteiger partial charge in [-0.25, -0.2) is 0 Å². The summed E-state index contributed by atoms with van der Waals surface area (Å²) in [5, 5.41) is 8.31. The number of anilines is 1. The molecule has 0 spiro atoms. The third-order valence-corrected chi connectivity index (χ3v) is 4.96. The molecule has 5 nitrogen and oxygen atoms in total. The first-order valence-electron chi connectivity index (χ1n) is 8.51. The lowest BCUT2D eigenvalue weighted by atomic mass is 9.90. The van der Waals surface area contributed by atoms with Crippen LogP contribution in [0.1, 0.15) is 25.8 Å². The summed E-state index contributed by atoms with van der Waals surface area (Å²) in [6.07, 6.45) is 7.89. The van der Waals surface area contributed by atoms with Gasteiger partial charge in [0.2, 0.25) is 0 Å². The lowest BCUT2D eigenvalue weighted by molar-refractivity contribution is 0.145. The number of hydrogen-bond donors (Lipinski definition) is 1. The Morgan fingerprint density at radius 1 is 1.22 bits per heavy atom. The van der Waals surface area contributed by atoms with E-state index in [1.807, 2.05) is 17.1 Å². The number of aryl methyl sites for hydroxylation is 2. The summed E-state index contributed by atoms with van der Waals surface area (Å²) < 4.78 is 2.02. The summed E-state index contributed by atoms with van der Waals surface area (Å²) >= 11 is 0. The number of nitrogens with zero attached hydrogens (tertiary/aromatic N) is 4. The Morgan fingerprint density at radius 3 is 2.78 bits per heavy atom. The van der Waals surface area contributed by atoms with Crippen LogP contribution in [0.5, 0.6) is 0 Å². The quantitative estimate of drug-likeness (QED) is 0.922. The van der Waals surface area contributed by atoms with Crippen molar-refractivity contribution in [2.45, 2.75) is 45.3 Å². The van der Waals surface area contributed by atoms with Crippen molar-refractivity contribution in [1.29, 1.82) is 0 Å². The Labute approximate surface area is 138 Å². The Bertz CT molecular complexity index is 609. The van der Waals surface area contributed by atoms with Gasteiger partial charge in [-0.15, -0.1) is 0 Å². The summed E-state index contributed by atoms with van der Waals surface area (Å²) in [6, 6.07) is 7.33. The molecule has 2 aromatic heterocycles. The topological polar surface area (TPSA) is 46.0 Å². The van der Waals surface area contributed by atoms with Gasteiger partial charge >= 0.3 is 0 Å². The molecule has 23 heavy (non-hydrogen) atoms. The molecule has 3 rings (SSSR count). The fraction of sp³-hybridized carbons (Fsp3) is 0.556. The number of likely N-dealkylation sites (tertiary alicyclic amines) is 1. The van der Waals surface area contributed by atoms with Gasteiger partial charge in [-0.3, -0.25) is 9.67 Å². The van der Waals surface area contributed by atoms with Crippen LogP contribution in [0.25, 0.3) is 0 Å². The summed E-state index contributed by atoms with van der Waals surface area (Å²) in [5.41, 5.74) is 1.29. The Kier molecular flexibility index (Phi) is 4.96. The molecule has 3 heterocycles. The van der Waals surface area contributed by atoms with E-state index in [9.17, 15) is 0 Å². The van der Waals surface area contributed by atoms with Gasteiger partial charge in [0.05, 0.1) is 0 Å². The van der Waals surface area contributed by atoms with Crippen molar-refractivity contribution < 1.29 is 0 Å². The molecule has 0 aromatic carbocycles. The molecule has 0 bridgehead atoms. The zero-order valence-electron chi connectivity index (χ0n) is 14.3. The number of nitrogens with one attached hydrogen (secondary N) is 1. The molecule has 0 radical (unpaired) electrons. The molecule has 3 atom stereocenters. The van der Waals surface area contributed by atoms with Crippen LogP contribution in [0, 0.1) is 5.92 Å². The first-order valence-corrected chi connectivity index (χ1v) is 8.51. The Balaban J connectivity index is 1.55. The van der Waals surface area contributed by atoms with Crippen LogP contribution in [0.2, 0.25) is 0 Å². The lowest BCUT2D eigenvalue weighted by Gasteiger charge is -2.40. The van der Waals surface area contributed by atoms with Crippen LogP contribution in [-0.4, -0.2) is 45.3 Å². The number of pyridine rings is 1. The van der Waals surface area contributed by atoms with Crippen molar-refractivity contribution in [3.8, 4) is 0 Å². The summed E-state index contributed by atoms with van der Waals surface area (Å²) in [6.45, 7) is 6.65. The second-order valence-electron chi connectivity index (χ2n) is 6.82. The van der Waals surface area contributed by atoms with Gasteiger partial charge in [0.1, 0.15) is 5.82 Å². The molecular formula is C18H27N5. The Morgan fingerprint density at radius 2 is 2.00 bits per heavy atom. The smallest absolute Gasteiger partial charge is 0.148 e. The van der Waals surface area contributed by atoms with Crippen LogP contribution in [0.3, 0.4) is 0 Å². The summed E-state index contributed by atoms with van der Waals surface area (Å²) in [5.74, 6) is 1.63. The first-order chi connectivity index (χ1) is 11.1. The van der Waals surface area contributed by atoms with E-state index in [4.69, 9.17) is 0 Å². The van der Waals surface area contributed by atoms with Gasteiger partial charge in [-0.1, -0.05) is 6.92 Å². The predicted molar refractivity (Wildman–Crippen MR) is 93.5 cm³/mol. The molecule has 1 aliphatic heterocycles. The monoisotopic (exact) mass is 313 g/mol. The summed E-state index contributed by atoms with van der Waals surface area (Å²) in [7, 11) is 2.21. The largest absolute Gasteiger partial charge is 0.365 e. The molecule has 1 fully saturated rings. The van der Waals surface area contributed by atoms with Crippen molar-refractivity contribution in [3.05, 3.63) is 42.4 Å². The maximum absolute atomic E-state index is 4.67. The molecule has 0 unspecified atom stereocenters. The van der Waals surface area contributed by atoms with Crippen molar-refractivity contribution >= 4 is 5.82 Å². The first kappa shape index (κ1) is 16.0. The molecular weight excluding hydrogens is 286 g/mol. The molecule has 1 saturated heterocycles. The standard InChI is InChI=1S/C18H27N5/c1-14-13-22(3)15(2)12-17(14)20-18-7-11-23(21-18)10-6-16-4-8-19-9-5-16/h4-5,7-9,11,14-15,17H,6,10,12-13H2,1-3H3,(H,20,21)/t14-,15-,17-/m1/s1. The number of hydrogen-bond acceptors (Lipinski definition) is 4. The third kappa shape index (κ3) is 4.10. The highest BCUT2D eigenvalue weighted by Crippen LogP contribution is 2.23. The average molecular weight is 313 g/mol. The maximum Gasteiger partial charge on any atom is 0.148 e. The second-order valence-corrected chi connectivity index (χ2v) is 6.82. The minimum absolute atomic E-state index is 0.504. The normalized spacial score (nSPS) is 25.4. The fourth-order valence-electron chi connectivity index (χ4n) is 3.29. The van der Waals surface area contributed by atoms with Crippen molar-refractivity contribution in [3.63, 3.8) is 0 Å². The van der Waals surface area contributed by atoms with Crippen LogP contribution < -0.4 is 5.32 Å². The lowest BCUT2D eigenvalue weighted by Crippen LogP contribution is -2.48. The van der Waals surface area contributed by atoms with Crippen molar-refractivity contribution in [2.75, 3.05) is 18.9 Å². The van der Waals surface area contributed by atoms with Gasteiger partial charge in [-0.05, 0) is 50.4 Å². The zero-order valence-corrected chi connectivity index (χ0v) is 14.3. The SMILES string of the molecule is C[C@@H]1CN(C)[C@H](C)C[C@H]1Nc1ccn(CCc2ccncc2)n1. The van der Waals surface area contributed by atoms with Gasteiger partial charge in [-0.2, -0.15) is 5.10 Å². The van der Waals surface area contributed by atoms with Gasteiger partial charge in [0.15, 0.2) is 0 Å². The minimum Gasteiger partial charge on any atom is -0.365 e. The van der Waals surface area contributed by atoms with E-state index in [-0.39, 0.29) is 0 Å². The third-order valence-electron chi connectivity index (χ3n) is 4.96. The highest BCUT2D eigenvalue weighted by Gasteiger charge is 2.29. The molecule has 0 saturated carbocycles. The summed E-state index contributed by atoms with van der Waals surface area (Å²) in [4.78, 5) is 6.49. The van der Waals surface area contributed by atoms with Crippen LogP contribution in [0.15, 0.2) is 36.8 Å². The molecule has 1 aliphatic rings. The van der Waals surface area contributed by atoms with Crippen molar-refractivity contribution in [2.24, 2.45) is 5.92 Å². The van der Waals surface area contributed by atoms with Gasteiger partial charge in [0.25, 0.3) is 0 Å². The molecule has 124 valence electrons.